The third-order valence-electron chi connectivity index (χ3n) is 4.82. The third kappa shape index (κ3) is 10.1. The van der Waals surface area contributed by atoms with Crippen LogP contribution in [-0.4, -0.2) is 18.9 Å². The van der Waals surface area contributed by atoms with Gasteiger partial charge < -0.3 is 5.32 Å². The van der Waals surface area contributed by atoms with Crippen LogP contribution in [0.25, 0.3) is 0 Å². The van der Waals surface area contributed by atoms with E-state index in [0.29, 0.717) is 11.7 Å². The number of Topliss-reactive ketones (excluding diaryl/α,β-unsaturated/α-hetero) is 1. The third-order valence-corrected chi connectivity index (χ3v) is 4.82. The van der Waals surface area contributed by atoms with Gasteiger partial charge in [0.15, 0.2) is 0 Å². The van der Waals surface area contributed by atoms with Crippen LogP contribution in [0.5, 0.6) is 0 Å². The van der Waals surface area contributed by atoms with Gasteiger partial charge in [0.2, 0.25) is 0 Å². The lowest BCUT2D eigenvalue weighted by Gasteiger charge is -2.21. The predicted molar refractivity (Wildman–Crippen MR) is 91.7 cm³/mol. The molecule has 124 valence electrons. The van der Waals surface area contributed by atoms with Crippen molar-refractivity contribution >= 4 is 5.78 Å². The quantitative estimate of drug-likeness (QED) is 0.470. The largest absolute Gasteiger partial charge is 0.317 e. The van der Waals surface area contributed by atoms with E-state index < -0.39 is 0 Å². The Kier molecular flexibility index (Phi) is 11.8. The number of carbonyl (C=O) groups excluding carboxylic acids is 1. The molecule has 0 radical (unpaired) electrons. The maximum Gasteiger partial charge on any atom is 0.136 e. The van der Waals surface area contributed by atoms with Gasteiger partial charge in [0.1, 0.15) is 5.78 Å². The van der Waals surface area contributed by atoms with Crippen LogP contribution in [0.3, 0.4) is 0 Å². The van der Waals surface area contributed by atoms with Crippen LogP contribution in [0.2, 0.25) is 0 Å². The van der Waals surface area contributed by atoms with Crippen molar-refractivity contribution in [3.63, 3.8) is 0 Å². The van der Waals surface area contributed by atoms with Crippen molar-refractivity contribution < 1.29 is 4.79 Å². The normalized spacial score (nSPS) is 16.2. The lowest BCUT2D eigenvalue weighted by atomic mass is 9.90. The number of nitrogens with one attached hydrogen (secondary N) is 1. The molecule has 21 heavy (non-hydrogen) atoms. The average molecular weight is 296 g/mol. The first kappa shape index (κ1) is 18.7. The SMILES string of the molecule is CCCCCCCCCCCCCC(=O)C1CCNCC1. The summed E-state index contributed by atoms with van der Waals surface area (Å²) >= 11 is 0. The van der Waals surface area contributed by atoms with E-state index in [-0.39, 0.29) is 0 Å². The molecule has 0 unspecified atom stereocenters. The number of hydrogen-bond donors (Lipinski definition) is 1. The lowest BCUT2D eigenvalue weighted by Crippen LogP contribution is -2.31. The topological polar surface area (TPSA) is 29.1 Å². The summed E-state index contributed by atoms with van der Waals surface area (Å²) in [5.74, 6) is 0.904. The zero-order chi connectivity index (χ0) is 15.2. The molecule has 0 bridgehead atoms. The Morgan fingerprint density at radius 3 is 1.81 bits per heavy atom. The molecule has 0 aromatic heterocycles. The molecule has 0 spiro atoms. The summed E-state index contributed by atoms with van der Waals surface area (Å²) in [7, 11) is 0. The van der Waals surface area contributed by atoms with Crippen molar-refractivity contribution in [2.24, 2.45) is 5.92 Å². The highest BCUT2D eigenvalue weighted by Gasteiger charge is 2.19. The van der Waals surface area contributed by atoms with Crippen LogP contribution in [0.1, 0.15) is 96.8 Å². The van der Waals surface area contributed by atoms with Gasteiger partial charge in [-0.05, 0) is 32.4 Å². The van der Waals surface area contributed by atoms with Crippen molar-refractivity contribution in [3.8, 4) is 0 Å². The Morgan fingerprint density at radius 2 is 1.29 bits per heavy atom. The van der Waals surface area contributed by atoms with E-state index in [1.54, 1.807) is 0 Å². The second kappa shape index (κ2) is 13.3. The van der Waals surface area contributed by atoms with Gasteiger partial charge >= 0.3 is 0 Å². The molecule has 1 fully saturated rings. The molecule has 1 rings (SSSR count). The van der Waals surface area contributed by atoms with Gasteiger partial charge in [-0.3, -0.25) is 4.79 Å². The van der Waals surface area contributed by atoms with Crippen LogP contribution >= 0.6 is 0 Å². The standard InChI is InChI=1S/C19H37NO/c1-2-3-4-5-6-7-8-9-10-11-12-13-19(21)18-14-16-20-17-15-18/h18,20H,2-17H2,1H3. The molecule has 1 aliphatic rings. The van der Waals surface area contributed by atoms with Gasteiger partial charge in [-0.25, -0.2) is 0 Å². The number of hydrogen-bond acceptors (Lipinski definition) is 2. The summed E-state index contributed by atoms with van der Waals surface area (Å²) in [6.45, 7) is 4.35. The Hall–Kier alpha value is -0.370. The minimum atomic E-state index is 0.370. The van der Waals surface area contributed by atoms with E-state index in [0.717, 1.165) is 38.8 Å². The molecule has 0 aromatic rings. The van der Waals surface area contributed by atoms with Crippen LogP contribution in [-0.2, 0) is 4.79 Å². The second-order valence-electron chi connectivity index (χ2n) is 6.78. The summed E-state index contributed by atoms with van der Waals surface area (Å²) in [6, 6.07) is 0. The minimum absolute atomic E-state index is 0.370. The number of piperidine rings is 1. The molecule has 2 nitrogen and oxygen atoms in total. The Labute approximate surface area is 132 Å². The number of unbranched alkanes of at least 4 members (excludes halogenated alkanes) is 10. The number of ketones is 1. The van der Waals surface area contributed by atoms with Crippen LogP contribution in [0.4, 0.5) is 0 Å². The van der Waals surface area contributed by atoms with E-state index in [2.05, 4.69) is 12.2 Å². The number of carbonyl (C=O) groups is 1. The maximum atomic E-state index is 12.0. The molecule has 1 saturated heterocycles. The van der Waals surface area contributed by atoms with Gasteiger partial charge in [-0.1, -0.05) is 71.1 Å². The van der Waals surface area contributed by atoms with E-state index >= 15 is 0 Å². The Balaban J connectivity index is 1.80. The van der Waals surface area contributed by atoms with Crippen LogP contribution in [0, 0.1) is 5.92 Å². The van der Waals surface area contributed by atoms with E-state index in [4.69, 9.17) is 0 Å². The Morgan fingerprint density at radius 1 is 0.810 bits per heavy atom. The fourth-order valence-corrected chi connectivity index (χ4v) is 3.31. The van der Waals surface area contributed by atoms with Crippen LogP contribution < -0.4 is 5.32 Å². The molecule has 0 aromatic carbocycles. The molecule has 0 amide bonds. The molecular formula is C19H37NO. The van der Waals surface area contributed by atoms with E-state index in [9.17, 15) is 4.79 Å². The molecule has 1 aliphatic heterocycles. The molecular weight excluding hydrogens is 258 g/mol. The first-order valence-electron chi connectivity index (χ1n) is 9.58. The minimum Gasteiger partial charge on any atom is -0.317 e. The van der Waals surface area contributed by atoms with Crippen molar-refractivity contribution in [1.29, 1.82) is 0 Å². The molecule has 1 N–H and O–H groups in total. The van der Waals surface area contributed by atoms with Crippen molar-refractivity contribution in [3.05, 3.63) is 0 Å². The van der Waals surface area contributed by atoms with Crippen molar-refractivity contribution in [2.45, 2.75) is 96.8 Å². The highest BCUT2D eigenvalue weighted by atomic mass is 16.1. The lowest BCUT2D eigenvalue weighted by molar-refractivity contribution is -0.123. The van der Waals surface area contributed by atoms with Crippen molar-refractivity contribution in [2.75, 3.05) is 13.1 Å². The van der Waals surface area contributed by atoms with E-state index in [1.807, 2.05) is 0 Å². The maximum absolute atomic E-state index is 12.0. The molecule has 0 saturated carbocycles. The smallest absolute Gasteiger partial charge is 0.136 e. The monoisotopic (exact) mass is 295 g/mol. The van der Waals surface area contributed by atoms with Gasteiger partial charge in [-0.2, -0.15) is 0 Å². The average Bonchev–Trinajstić information content (AvgIpc) is 2.53. The zero-order valence-corrected chi connectivity index (χ0v) is 14.3. The van der Waals surface area contributed by atoms with E-state index in [1.165, 1.54) is 64.2 Å². The summed E-state index contributed by atoms with van der Waals surface area (Å²) in [5, 5.41) is 3.33. The van der Waals surface area contributed by atoms with Gasteiger partial charge in [-0.15, -0.1) is 0 Å². The molecule has 0 atom stereocenters. The number of rotatable bonds is 13. The molecule has 1 heterocycles. The van der Waals surface area contributed by atoms with Gasteiger partial charge in [0.05, 0.1) is 0 Å². The predicted octanol–water partition coefficient (Wildman–Crippen LogP) is 5.26. The second-order valence-corrected chi connectivity index (χ2v) is 6.78. The summed E-state index contributed by atoms with van der Waals surface area (Å²) < 4.78 is 0. The summed E-state index contributed by atoms with van der Waals surface area (Å²) in [6.07, 6.45) is 17.9. The molecule has 0 aliphatic carbocycles. The highest BCUT2D eigenvalue weighted by molar-refractivity contribution is 5.81. The first-order chi connectivity index (χ1) is 10.3. The fraction of sp³-hybridized carbons (Fsp3) is 0.947. The first-order valence-corrected chi connectivity index (χ1v) is 9.58. The van der Waals surface area contributed by atoms with Gasteiger partial charge in [0.25, 0.3) is 0 Å². The highest BCUT2D eigenvalue weighted by Crippen LogP contribution is 2.17. The Bertz CT molecular complexity index is 246. The zero-order valence-electron chi connectivity index (χ0n) is 14.3. The van der Waals surface area contributed by atoms with Crippen LogP contribution in [0.15, 0.2) is 0 Å². The fourth-order valence-electron chi connectivity index (χ4n) is 3.31. The summed E-state index contributed by atoms with van der Waals surface area (Å²) in [4.78, 5) is 12.0. The summed E-state index contributed by atoms with van der Waals surface area (Å²) in [5.41, 5.74) is 0. The molecule has 2 heteroatoms. The van der Waals surface area contributed by atoms with Gasteiger partial charge in [0, 0.05) is 12.3 Å². The van der Waals surface area contributed by atoms with Crippen molar-refractivity contribution in [1.82, 2.24) is 5.32 Å².